The van der Waals surface area contributed by atoms with Crippen molar-refractivity contribution in [1.29, 1.82) is 0 Å². The average Bonchev–Trinajstić information content (AvgIpc) is 2.82. The summed E-state index contributed by atoms with van der Waals surface area (Å²) < 4.78 is 14.7. The van der Waals surface area contributed by atoms with Gasteiger partial charge in [-0.1, -0.05) is 6.92 Å². The molecule has 0 bridgehead atoms. The Kier molecular flexibility index (Phi) is 7.18. The lowest BCUT2D eigenvalue weighted by Gasteiger charge is -2.36. The topological polar surface area (TPSA) is 114 Å². The number of benzene rings is 1. The molecule has 3 aromatic rings. The summed E-state index contributed by atoms with van der Waals surface area (Å²) in [6, 6.07) is 7.04. The SMILES string of the molecule is CCc1nc2c(F)cc(CN3CCN(c4ccc(C)nc4C(=O)NCCO)CC3)cc2[nH]c1=O. The highest BCUT2D eigenvalue weighted by molar-refractivity contribution is 5.97. The first-order chi connectivity index (χ1) is 16.4. The first-order valence-corrected chi connectivity index (χ1v) is 11.4. The van der Waals surface area contributed by atoms with Crippen molar-refractivity contribution in [3.05, 3.63) is 63.1 Å². The van der Waals surface area contributed by atoms with Crippen LogP contribution in [-0.4, -0.2) is 70.2 Å². The van der Waals surface area contributed by atoms with Gasteiger partial charge in [-0.15, -0.1) is 0 Å². The normalized spacial score (nSPS) is 14.5. The van der Waals surface area contributed by atoms with Crippen molar-refractivity contribution in [2.24, 2.45) is 0 Å². The third-order valence-electron chi connectivity index (χ3n) is 5.96. The van der Waals surface area contributed by atoms with Crippen molar-refractivity contribution < 1.29 is 14.3 Å². The molecule has 1 fully saturated rings. The number of halogens is 1. The Balaban J connectivity index is 1.46. The molecule has 1 aromatic carbocycles. The number of hydrogen-bond donors (Lipinski definition) is 3. The van der Waals surface area contributed by atoms with Crippen molar-refractivity contribution in [1.82, 2.24) is 25.2 Å². The van der Waals surface area contributed by atoms with Gasteiger partial charge in [-0.05, 0) is 43.2 Å². The Hall–Kier alpha value is -3.37. The van der Waals surface area contributed by atoms with E-state index in [9.17, 15) is 14.0 Å². The van der Waals surface area contributed by atoms with Gasteiger partial charge >= 0.3 is 0 Å². The van der Waals surface area contributed by atoms with E-state index in [4.69, 9.17) is 5.11 Å². The molecule has 3 N–H and O–H groups in total. The highest BCUT2D eigenvalue weighted by Gasteiger charge is 2.23. The third kappa shape index (κ3) is 5.07. The first kappa shape index (κ1) is 23.8. The second kappa shape index (κ2) is 10.3. The fraction of sp³-hybridized carbons (Fsp3) is 0.417. The maximum Gasteiger partial charge on any atom is 0.272 e. The van der Waals surface area contributed by atoms with Gasteiger partial charge in [0.25, 0.3) is 11.5 Å². The minimum absolute atomic E-state index is 0.134. The molecule has 0 atom stereocenters. The van der Waals surface area contributed by atoms with Crippen LogP contribution in [0.2, 0.25) is 0 Å². The van der Waals surface area contributed by atoms with Gasteiger partial charge < -0.3 is 20.3 Å². The maximum absolute atomic E-state index is 14.7. The summed E-state index contributed by atoms with van der Waals surface area (Å²) in [4.78, 5) is 40.3. The van der Waals surface area contributed by atoms with E-state index in [0.29, 0.717) is 43.0 Å². The fourth-order valence-corrected chi connectivity index (χ4v) is 4.21. The largest absolute Gasteiger partial charge is 0.395 e. The molecule has 0 spiro atoms. The molecule has 2 aromatic heterocycles. The van der Waals surface area contributed by atoms with Gasteiger partial charge in [0.2, 0.25) is 0 Å². The zero-order chi connectivity index (χ0) is 24.2. The average molecular weight is 469 g/mol. The molecule has 1 saturated heterocycles. The number of amides is 1. The van der Waals surface area contributed by atoms with Crippen molar-refractivity contribution in [3.63, 3.8) is 0 Å². The van der Waals surface area contributed by atoms with Gasteiger partial charge in [-0.2, -0.15) is 0 Å². The molecule has 0 radical (unpaired) electrons. The number of aromatic nitrogens is 3. The zero-order valence-electron chi connectivity index (χ0n) is 19.4. The van der Waals surface area contributed by atoms with Crippen LogP contribution in [0.3, 0.4) is 0 Å². The van der Waals surface area contributed by atoms with Crippen LogP contribution in [0.1, 0.15) is 34.4 Å². The quantitative estimate of drug-likeness (QED) is 0.480. The van der Waals surface area contributed by atoms with Crippen molar-refractivity contribution >= 4 is 22.6 Å². The second-order valence-corrected chi connectivity index (χ2v) is 8.40. The van der Waals surface area contributed by atoms with E-state index in [0.717, 1.165) is 30.0 Å². The third-order valence-corrected chi connectivity index (χ3v) is 5.96. The highest BCUT2D eigenvalue weighted by Crippen LogP contribution is 2.23. The van der Waals surface area contributed by atoms with Crippen LogP contribution in [0.15, 0.2) is 29.1 Å². The Morgan fingerprint density at radius 3 is 2.68 bits per heavy atom. The van der Waals surface area contributed by atoms with E-state index in [-0.39, 0.29) is 30.1 Å². The van der Waals surface area contributed by atoms with Crippen LogP contribution in [0, 0.1) is 12.7 Å². The molecule has 34 heavy (non-hydrogen) atoms. The summed E-state index contributed by atoms with van der Waals surface area (Å²) in [5, 5.41) is 11.7. The van der Waals surface area contributed by atoms with Gasteiger partial charge in [-0.25, -0.2) is 14.4 Å². The van der Waals surface area contributed by atoms with Crippen molar-refractivity contribution in [3.8, 4) is 0 Å². The number of fused-ring (bicyclic) bond motifs is 1. The number of aromatic amines is 1. The maximum atomic E-state index is 14.7. The molecular weight excluding hydrogens is 439 g/mol. The minimum atomic E-state index is -0.443. The summed E-state index contributed by atoms with van der Waals surface area (Å²) >= 11 is 0. The lowest BCUT2D eigenvalue weighted by atomic mass is 10.1. The monoisotopic (exact) mass is 468 g/mol. The van der Waals surface area contributed by atoms with Gasteiger partial charge in [0.05, 0.1) is 17.8 Å². The molecule has 0 unspecified atom stereocenters. The van der Waals surface area contributed by atoms with E-state index in [1.165, 1.54) is 6.07 Å². The number of aliphatic hydroxyl groups is 1. The van der Waals surface area contributed by atoms with Crippen LogP contribution in [0.25, 0.3) is 11.0 Å². The van der Waals surface area contributed by atoms with Gasteiger partial charge in [0, 0.05) is 45.0 Å². The predicted octanol–water partition coefficient (Wildman–Crippen LogP) is 1.37. The van der Waals surface area contributed by atoms with Crippen LogP contribution in [0.5, 0.6) is 0 Å². The van der Waals surface area contributed by atoms with Crippen LogP contribution >= 0.6 is 0 Å². The summed E-state index contributed by atoms with van der Waals surface area (Å²) in [7, 11) is 0. The van der Waals surface area contributed by atoms with Crippen LogP contribution in [0.4, 0.5) is 10.1 Å². The predicted molar refractivity (Wildman–Crippen MR) is 128 cm³/mol. The van der Waals surface area contributed by atoms with Crippen molar-refractivity contribution in [2.75, 3.05) is 44.2 Å². The number of pyridine rings is 1. The number of rotatable bonds is 7. The fourth-order valence-electron chi connectivity index (χ4n) is 4.21. The van der Waals surface area contributed by atoms with Gasteiger partial charge in [0.15, 0.2) is 11.5 Å². The Morgan fingerprint density at radius 2 is 1.97 bits per heavy atom. The van der Waals surface area contributed by atoms with E-state index >= 15 is 0 Å². The number of nitrogens with one attached hydrogen (secondary N) is 2. The molecule has 1 aliphatic heterocycles. The number of aliphatic hydroxyl groups excluding tert-OH is 1. The number of hydrogen-bond acceptors (Lipinski definition) is 7. The van der Waals surface area contributed by atoms with E-state index < -0.39 is 5.82 Å². The summed E-state index contributed by atoms with van der Waals surface area (Å²) in [6.45, 7) is 7.01. The van der Waals surface area contributed by atoms with E-state index in [2.05, 4.69) is 30.1 Å². The minimum Gasteiger partial charge on any atom is -0.395 e. The second-order valence-electron chi connectivity index (χ2n) is 8.40. The molecule has 10 heteroatoms. The standard InChI is InChI=1S/C24H29FN6O3/c1-3-18-23(33)29-19-13-16(12-17(25)21(19)28-18)14-30-7-9-31(10-8-30)20-5-4-15(2)27-22(20)24(34)26-6-11-32/h4-5,12-13,32H,3,6-11,14H2,1-2H3,(H,26,34)(H,29,33). The molecule has 1 amide bonds. The molecule has 0 saturated carbocycles. The number of aryl methyl sites for hydroxylation is 2. The number of H-pyrrole nitrogens is 1. The molecule has 9 nitrogen and oxygen atoms in total. The summed E-state index contributed by atoms with van der Waals surface area (Å²) in [5.41, 5.74) is 3.24. The summed E-state index contributed by atoms with van der Waals surface area (Å²) in [5.74, 6) is -0.753. The number of anilines is 1. The van der Waals surface area contributed by atoms with Crippen LogP contribution in [-0.2, 0) is 13.0 Å². The van der Waals surface area contributed by atoms with E-state index in [1.807, 2.05) is 26.0 Å². The lowest BCUT2D eigenvalue weighted by molar-refractivity contribution is 0.0940. The molecule has 4 rings (SSSR count). The molecule has 3 heterocycles. The number of carbonyl (C=O) groups is 1. The molecule has 1 aliphatic rings. The van der Waals surface area contributed by atoms with Crippen LogP contribution < -0.4 is 15.8 Å². The molecular formula is C24H29FN6O3. The van der Waals surface area contributed by atoms with Gasteiger partial charge in [0.1, 0.15) is 11.2 Å². The highest BCUT2D eigenvalue weighted by atomic mass is 19.1. The van der Waals surface area contributed by atoms with E-state index in [1.54, 1.807) is 6.07 Å². The number of carbonyl (C=O) groups excluding carboxylic acids is 1. The Labute approximate surface area is 196 Å². The molecule has 180 valence electrons. The van der Waals surface area contributed by atoms with Crippen molar-refractivity contribution in [2.45, 2.75) is 26.8 Å². The Morgan fingerprint density at radius 1 is 1.21 bits per heavy atom. The zero-order valence-corrected chi connectivity index (χ0v) is 19.4. The lowest BCUT2D eigenvalue weighted by Crippen LogP contribution is -2.46. The molecule has 0 aliphatic carbocycles. The Bertz CT molecular complexity index is 1250. The first-order valence-electron chi connectivity index (χ1n) is 11.4. The number of nitrogens with zero attached hydrogens (tertiary/aromatic N) is 4. The smallest absolute Gasteiger partial charge is 0.272 e. The summed E-state index contributed by atoms with van der Waals surface area (Å²) in [6.07, 6.45) is 0.443. The van der Waals surface area contributed by atoms with Gasteiger partial charge in [-0.3, -0.25) is 14.5 Å². The number of piperazine rings is 1.